The van der Waals surface area contributed by atoms with Gasteiger partial charge in [-0.25, -0.2) is 4.98 Å². The molecule has 2 N–H and O–H groups in total. The van der Waals surface area contributed by atoms with Gasteiger partial charge in [0.1, 0.15) is 12.1 Å². The number of thiophene rings is 1. The highest BCUT2D eigenvalue weighted by Crippen LogP contribution is 2.37. The smallest absolute Gasteiger partial charge is 0.261 e. The van der Waals surface area contributed by atoms with Crippen LogP contribution in [0.2, 0.25) is 0 Å². The number of H-pyrrole nitrogens is 1. The number of likely N-dealkylation sites (tertiary alicyclic amines) is 1. The van der Waals surface area contributed by atoms with Crippen LogP contribution in [-0.2, 0) is 6.54 Å². The lowest BCUT2D eigenvalue weighted by atomic mass is 10.2. The Morgan fingerprint density at radius 2 is 2.38 bits per heavy atom. The van der Waals surface area contributed by atoms with Crippen LogP contribution in [-0.4, -0.2) is 39.6 Å². The van der Waals surface area contributed by atoms with Crippen molar-refractivity contribution in [3.05, 3.63) is 46.1 Å². The number of hydrogen-bond acceptors (Lipinski definition) is 7. The number of aromatic nitrogens is 3. The molecule has 1 saturated heterocycles. The predicted molar refractivity (Wildman–Crippen MR) is 99.3 cm³/mol. The summed E-state index contributed by atoms with van der Waals surface area (Å²) in [6, 6.07) is 8.30. The van der Waals surface area contributed by atoms with Crippen LogP contribution in [0.15, 0.2) is 45.3 Å². The molecule has 0 radical (unpaired) electrons. The number of carbonyl (C=O) groups excluding carboxylic acids is 1. The second-order valence-electron chi connectivity index (χ2n) is 6.02. The predicted octanol–water partition coefficient (Wildman–Crippen LogP) is 3.31. The molecule has 0 aliphatic carbocycles. The van der Waals surface area contributed by atoms with Gasteiger partial charge in [-0.3, -0.25) is 14.8 Å². The van der Waals surface area contributed by atoms with E-state index in [9.17, 15) is 4.79 Å². The van der Waals surface area contributed by atoms with Gasteiger partial charge in [0.05, 0.1) is 11.4 Å². The molecule has 7 nitrogen and oxygen atoms in total. The quantitative estimate of drug-likeness (QED) is 0.673. The molecule has 0 saturated carbocycles. The Bertz CT molecular complexity index is 873. The van der Waals surface area contributed by atoms with E-state index in [2.05, 4.69) is 31.5 Å². The SMILES string of the molecule is CNC(=O)c1ccc(C2CCCN2Cc2ccc(Sc3ncn[nH]3)o2)s1. The third-order valence-corrected chi connectivity index (χ3v) is 6.35. The lowest BCUT2D eigenvalue weighted by Gasteiger charge is -2.22. The van der Waals surface area contributed by atoms with Gasteiger partial charge >= 0.3 is 0 Å². The summed E-state index contributed by atoms with van der Waals surface area (Å²) in [5.74, 6) is 0.910. The molecule has 9 heteroatoms. The molecule has 1 atom stereocenters. The summed E-state index contributed by atoms with van der Waals surface area (Å²) >= 11 is 3.00. The van der Waals surface area contributed by atoms with Crippen molar-refractivity contribution < 1.29 is 9.21 Å². The molecule has 1 aliphatic heterocycles. The molecule has 1 aliphatic rings. The molecule has 1 unspecified atom stereocenters. The Balaban J connectivity index is 1.43. The van der Waals surface area contributed by atoms with Crippen LogP contribution in [0.1, 0.15) is 39.2 Å². The van der Waals surface area contributed by atoms with Crippen molar-refractivity contribution in [2.45, 2.75) is 35.7 Å². The molecule has 1 fully saturated rings. The van der Waals surface area contributed by atoms with Crippen molar-refractivity contribution in [3.8, 4) is 0 Å². The molecule has 4 rings (SSSR count). The molecule has 136 valence electrons. The van der Waals surface area contributed by atoms with Gasteiger partial charge in [-0.05, 0) is 55.4 Å². The third-order valence-electron chi connectivity index (χ3n) is 4.36. The summed E-state index contributed by atoms with van der Waals surface area (Å²) in [6.07, 6.45) is 3.74. The van der Waals surface area contributed by atoms with E-state index >= 15 is 0 Å². The fraction of sp³-hybridized carbons (Fsp3) is 0.353. The van der Waals surface area contributed by atoms with Gasteiger partial charge in [-0.15, -0.1) is 11.3 Å². The van der Waals surface area contributed by atoms with Gasteiger partial charge in [0, 0.05) is 18.0 Å². The van der Waals surface area contributed by atoms with E-state index in [1.807, 2.05) is 18.2 Å². The maximum Gasteiger partial charge on any atom is 0.261 e. The largest absolute Gasteiger partial charge is 0.453 e. The van der Waals surface area contributed by atoms with E-state index in [4.69, 9.17) is 4.42 Å². The molecule has 26 heavy (non-hydrogen) atoms. The Morgan fingerprint density at radius 1 is 1.46 bits per heavy atom. The van der Waals surface area contributed by atoms with Crippen LogP contribution in [0.4, 0.5) is 0 Å². The van der Waals surface area contributed by atoms with Gasteiger partial charge in [0.15, 0.2) is 10.2 Å². The molecule has 1 amide bonds. The van der Waals surface area contributed by atoms with E-state index in [0.29, 0.717) is 11.2 Å². The van der Waals surface area contributed by atoms with Crippen molar-refractivity contribution in [2.24, 2.45) is 0 Å². The Kier molecular flexibility index (Phi) is 5.09. The number of nitrogens with one attached hydrogen (secondary N) is 2. The zero-order valence-corrected chi connectivity index (χ0v) is 15.9. The molecule has 0 aromatic carbocycles. The van der Waals surface area contributed by atoms with Crippen molar-refractivity contribution >= 4 is 29.0 Å². The van der Waals surface area contributed by atoms with Gasteiger partial charge in [-0.1, -0.05) is 0 Å². The number of amides is 1. The minimum absolute atomic E-state index is 0.0223. The molecule has 0 spiro atoms. The fourth-order valence-corrected chi connectivity index (χ4v) is 4.95. The van der Waals surface area contributed by atoms with Gasteiger partial charge in [0.25, 0.3) is 5.91 Å². The molecule has 3 aromatic heterocycles. The lowest BCUT2D eigenvalue weighted by Crippen LogP contribution is -2.21. The standard InChI is InChI=1S/C17H19N5O2S2/c1-18-16(23)14-6-5-13(25-14)12-3-2-8-22(12)9-11-4-7-15(24-11)26-17-19-10-20-21-17/h4-7,10,12H,2-3,8-9H2,1H3,(H,18,23)(H,19,20,21). The second-order valence-corrected chi connectivity index (χ2v) is 8.13. The summed E-state index contributed by atoms with van der Waals surface area (Å²) in [5.41, 5.74) is 0. The average molecular weight is 390 g/mol. The number of rotatable bonds is 6. The first-order valence-electron chi connectivity index (χ1n) is 8.40. The number of furan rings is 1. The molecular weight excluding hydrogens is 370 g/mol. The molecular formula is C17H19N5O2S2. The van der Waals surface area contributed by atoms with E-state index in [0.717, 1.165) is 41.7 Å². The number of nitrogens with zero attached hydrogens (tertiary/aromatic N) is 3. The monoisotopic (exact) mass is 389 g/mol. The van der Waals surface area contributed by atoms with Crippen molar-refractivity contribution in [1.29, 1.82) is 0 Å². The Hall–Kier alpha value is -2.10. The van der Waals surface area contributed by atoms with Crippen molar-refractivity contribution in [1.82, 2.24) is 25.4 Å². The Morgan fingerprint density at radius 3 is 3.19 bits per heavy atom. The van der Waals surface area contributed by atoms with Crippen LogP contribution in [0.5, 0.6) is 0 Å². The van der Waals surface area contributed by atoms with Crippen LogP contribution in [0.25, 0.3) is 0 Å². The van der Waals surface area contributed by atoms with E-state index in [-0.39, 0.29) is 5.91 Å². The van der Waals surface area contributed by atoms with Gasteiger partial charge in [-0.2, -0.15) is 5.10 Å². The zero-order chi connectivity index (χ0) is 17.9. The summed E-state index contributed by atoms with van der Waals surface area (Å²) in [6.45, 7) is 1.79. The number of carbonyl (C=O) groups is 1. The first kappa shape index (κ1) is 17.3. The zero-order valence-electron chi connectivity index (χ0n) is 14.3. The minimum atomic E-state index is -0.0223. The molecule has 3 aromatic rings. The molecule has 0 bridgehead atoms. The van der Waals surface area contributed by atoms with E-state index in [1.54, 1.807) is 18.4 Å². The average Bonchev–Trinajstić information content (AvgIpc) is 3.43. The first-order chi connectivity index (χ1) is 12.7. The summed E-state index contributed by atoms with van der Waals surface area (Å²) < 4.78 is 5.94. The summed E-state index contributed by atoms with van der Waals surface area (Å²) in [5, 5.41) is 10.8. The summed E-state index contributed by atoms with van der Waals surface area (Å²) in [4.78, 5) is 20.3. The van der Waals surface area contributed by atoms with Crippen LogP contribution >= 0.6 is 23.1 Å². The number of hydrogen-bond donors (Lipinski definition) is 2. The minimum Gasteiger partial charge on any atom is -0.453 e. The van der Waals surface area contributed by atoms with Gasteiger partial charge < -0.3 is 9.73 Å². The van der Waals surface area contributed by atoms with Crippen molar-refractivity contribution in [2.75, 3.05) is 13.6 Å². The van der Waals surface area contributed by atoms with E-state index in [1.165, 1.54) is 23.0 Å². The second kappa shape index (κ2) is 7.65. The highest BCUT2D eigenvalue weighted by atomic mass is 32.2. The lowest BCUT2D eigenvalue weighted by molar-refractivity contribution is 0.0967. The maximum atomic E-state index is 11.8. The van der Waals surface area contributed by atoms with Crippen LogP contribution < -0.4 is 5.32 Å². The van der Waals surface area contributed by atoms with Crippen molar-refractivity contribution in [3.63, 3.8) is 0 Å². The van der Waals surface area contributed by atoms with Crippen LogP contribution in [0, 0.1) is 0 Å². The first-order valence-corrected chi connectivity index (χ1v) is 10.0. The fourth-order valence-electron chi connectivity index (χ4n) is 3.15. The van der Waals surface area contributed by atoms with E-state index < -0.39 is 0 Å². The van der Waals surface area contributed by atoms with Gasteiger partial charge in [0.2, 0.25) is 0 Å². The Labute approximate surface area is 159 Å². The maximum absolute atomic E-state index is 11.8. The highest BCUT2D eigenvalue weighted by molar-refractivity contribution is 7.99. The molecule has 4 heterocycles. The van der Waals surface area contributed by atoms with Crippen LogP contribution in [0.3, 0.4) is 0 Å². The number of aromatic amines is 1. The third kappa shape index (κ3) is 3.69. The summed E-state index contributed by atoms with van der Waals surface area (Å²) in [7, 11) is 1.66. The highest BCUT2D eigenvalue weighted by Gasteiger charge is 2.28. The normalized spacial score (nSPS) is 17.7. The topological polar surface area (TPSA) is 87.0 Å².